The van der Waals surface area contributed by atoms with Crippen LogP contribution in [-0.4, -0.2) is 20.2 Å². The van der Waals surface area contributed by atoms with Gasteiger partial charge < -0.3 is 14.2 Å². The zero-order chi connectivity index (χ0) is 16.2. The summed E-state index contributed by atoms with van der Waals surface area (Å²) < 4.78 is 15.9. The number of benzene rings is 3. The number of hydrogen-bond donors (Lipinski definition) is 0. The Morgan fingerprint density at radius 3 is 2.17 bits per heavy atom. The zero-order valence-corrected chi connectivity index (χ0v) is 12.9. The average Bonchev–Trinajstić information content (AvgIpc) is 2.61. The van der Waals surface area contributed by atoms with Gasteiger partial charge >= 0.3 is 5.97 Å². The lowest BCUT2D eigenvalue weighted by Gasteiger charge is -2.10. The number of carbonyl (C=O) groups excluding carboxylic acids is 1. The molecule has 4 heteroatoms. The lowest BCUT2D eigenvalue weighted by molar-refractivity contribution is 0.0736. The fourth-order valence-electron chi connectivity index (χ4n) is 2.37. The fourth-order valence-corrected chi connectivity index (χ4v) is 2.37. The molecule has 0 saturated heterocycles. The Hall–Kier alpha value is -3.01. The standard InChI is InChI=1S/C19H16O4/c1-21-15-10-14(11-16(12-15)22-2)19(20)23-18-9-5-7-13-6-3-4-8-17(13)18/h3-12H,1-2H3. The Kier molecular flexibility index (Phi) is 4.15. The summed E-state index contributed by atoms with van der Waals surface area (Å²) in [5, 5.41) is 1.90. The monoisotopic (exact) mass is 308 g/mol. The second kappa shape index (κ2) is 6.40. The predicted molar refractivity (Wildman–Crippen MR) is 88.5 cm³/mol. The van der Waals surface area contributed by atoms with Crippen molar-refractivity contribution in [1.82, 2.24) is 0 Å². The molecular weight excluding hydrogens is 292 g/mol. The van der Waals surface area contributed by atoms with Crippen LogP contribution in [-0.2, 0) is 0 Å². The van der Waals surface area contributed by atoms with Crippen LogP contribution < -0.4 is 14.2 Å². The summed E-state index contributed by atoms with van der Waals surface area (Å²) in [6, 6.07) is 18.3. The van der Waals surface area contributed by atoms with E-state index in [-0.39, 0.29) is 0 Å². The molecule has 3 rings (SSSR count). The van der Waals surface area contributed by atoms with Gasteiger partial charge in [0.1, 0.15) is 17.2 Å². The lowest BCUT2D eigenvalue weighted by atomic mass is 10.1. The average molecular weight is 308 g/mol. The van der Waals surface area contributed by atoms with Crippen molar-refractivity contribution in [3.63, 3.8) is 0 Å². The van der Waals surface area contributed by atoms with Gasteiger partial charge in [-0.05, 0) is 23.6 Å². The molecule has 0 unspecified atom stereocenters. The first-order valence-electron chi connectivity index (χ1n) is 7.14. The van der Waals surface area contributed by atoms with Crippen LogP contribution in [0.3, 0.4) is 0 Å². The van der Waals surface area contributed by atoms with Crippen molar-refractivity contribution in [3.05, 3.63) is 66.2 Å². The second-order valence-corrected chi connectivity index (χ2v) is 4.97. The molecular formula is C19H16O4. The molecule has 0 N–H and O–H groups in total. The molecule has 0 spiro atoms. The van der Waals surface area contributed by atoms with E-state index in [0.29, 0.717) is 22.8 Å². The molecule has 0 aromatic heterocycles. The normalized spacial score (nSPS) is 10.3. The predicted octanol–water partition coefficient (Wildman–Crippen LogP) is 4.08. The third-order valence-corrected chi connectivity index (χ3v) is 3.54. The van der Waals surface area contributed by atoms with E-state index in [4.69, 9.17) is 14.2 Å². The van der Waals surface area contributed by atoms with E-state index < -0.39 is 5.97 Å². The van der Waals surface area contributed by atoms with Crippen molar-refractivity contribution in [1.29, 1.82) is 0 Å². The first-order chi connectivity index (χ1) is 11.2. The van der Waals surface area contributed by atoms with Crippen LogP contribution in [0.25, 0.3) is 10.8 Å². The highest BCUT2D eigenvalue weighted by molar-refractivity contribution is 5.96. The first-order valence-corrected chi connectivity index (χ1v) is 7.14. The van der Waals surface area contributed by atoms with Gasteiger partial charge in [0, 0.05) is 11.5 Å². The molecule has 0 aliphatic heterocycles. The van der Waals surface area contributed by atoms with Crippen LogP contribution in [0.5, 0.6) is 17.2 Å². The maximum atomic E-state index is 12.5. The molecule has 3 aromatic rings. The highest BCUT2D eigenvalue weighted by atomic mass is 16.5. The summed E-state index contributed by atoms with van der Waals surface area (Å²) in [5.74, 6) is 1.14. The van der Waals surface area contributed by atoms with Crippen LogP contribution in [0, 0.1) is 0 Å². The summed E-state index contributed by atoms with van der Waals surface area (Å²) in [7, 11) is 3.07. The maximum absolute atomic E-state index is 12.5. The Bertz CT molecular complexity index is 827. The summed E-state index contributed by atoms with van der Waals surface area (Å²) in [5.41, 5.74) is 0.370. The minimum atomic E-state index is -0.460. The van der Waals surface area contributed by atoms with Gasteiger partial charge in [0.2, 0.25) is 0 Å². The van der Waals surface area contributed by atoms with E-state index in [9.17, 15) is 4.79 Å². The third kappa shape index (κ3) is 3.11. The Labute approximate surface area is 134 Å². The summed E-state index contributed by atoms with van der Waals surface area (Å²) >= 11 is 0. The molecule has 0 aliphatic carbocycles. The number of rotatable bonds is 4. The van der Waals surface area contributed by atoms with Crippen LogP contribution in [0.4, 0.5) is 0 Å². The highest BCUT2D eigenvalue weighted by Gasteiger charge is 2.13. The van der Waals surface area contributed by atoms with Gasteiger partial charge in [0.25, 0.3) is 0 Å². The number of hydrogen-bond acceptors (Lipinski definition) is 4. The van der Waals surface area contributed by atoms with Crippen molar-refractivity contribution in [2.75, 3.05) is 14.2 Å². The first kappa shape index (κ1) is 14.9. The molecule has 0 heterocycles. The van der Waals surface area contributed by atoms with Gasteiger partial charge in [-0.1, -0.05) is 36.4 Å². The minimum Gasteiger partial charge on any atom is -0.497 e. The van der Waals surface area contributed by atoms with Crippen molar-refractivity contribution < 1.29 is 19.0 Å². The molecule has 0 fully saturated rings. The minimum absolute atomic E-state index is 0.370. The topological polar surface area (TPSA) is 44.8 Å². The molecule has 0 bridgehead atoms. The van der Waals surface area contributed by atoms with E-state index >= 15 is 0 Å². The Morgan fingerprint density at radius 2 is 1.48 bits per heavy atom. The molecule has 0 saturated carbocycles. The molecule has 116 valence electrons. The van der Waals surface area contributed by atoms with E-state index in [0.717, 1.165) is 10.8 Å². The Balaban J connectivity index is 1.95. The van der Waals surface area contributed by atoms with E-state index in [1.54, 1.807) is 24.3 Å². The number of ether oxygens (including phenoxy) is 3. The van der Waals surface area contributed by atoms with E-state index in [1.165, 1.54) is 14.2 Å². The van der Waals surface area contributed by atoms with Crippen LogP contribution in [0.15, 0.2) is 60.7 Å². The SMILES string of the molecule is COc1cc(OC)cc(C(=O)Oc2cccc3ccccc23)c1. The summed E-state index contributed by atoms with van der Waals surface area (Å²) in [4.78, 5) is 12.5. The van der Waals surface area contributed by atoms with Crippen LogP contribution in [0.1, 0.15) is 10.4 Å². The van der Waals surface area contributed by atoms with Crippen LogP contribution in [0.2, 0.25) is 0 Å². The lowest BCUT2D eigenvalue weighted by Crippen LogP contribution is -2.09. The largest absolute Gasteiger partial charge is 0.497 e. The highest BCUT2D eigenvalue weighted by Crippen LogP contribution is 2.27. The molecule has 0 aliphatic rings. The fraction of sp³-hybridized carbons (Fsp3) is 0.105. The molecule has 4 nitrogen and oxygen atoms in total. The molecule has 0 amide bonds. The van der Waals surface area contributed by atoms with E-state index in [2.05, 4.69) is 0 Å². The van der Waals surface area contributed by atoms with Gasteiger partial charge in [-0.25, -0.2) is 4.79 Å². The number of fused-ring (bicyclic) bond motifs is 1. The van der Waals surface area contributed by atoms with E-state index in [1.807, 2.05) is 36.4 Å². The summed E-state index contributed by atoms with van der Waals surface area (Å²) in [6.07, 6.45) is 0. The van der Waals surface area contributed by atoms with Gasteiger partial charge in [-0.15, -0.1) is 0 Å². The molecule has 3 aromatic carbocycles. The molecule has 0 radical (unpaired) electrons. The second-order valence-electron chi connectivity index (χ2n) is 4.97. The molecule has 23 heavy (non-hydrogen) atoms. The van der Waals surface area contributed by atoms with Gasteiger partial charge in [0.15, 0.2) is 0 Å². The van der Waals surface area contributed by atoms with Crippen molar-refractivity contribution in [3.8, 4) is 17.2 Å². The summed E-state index contributed by atoms with van der Waals surface area (Å²) in [6.45, 7) is 0. The quantitative estimate of drug-likeness (QED) is 0.538. The van der Waals surface area contributed by atoms with Gasteiger partial charge in [0.05, 0.1) is 19.8 Å². The van der Waals surface area contributed by atoms with Gasteiger partial charge in [-0.2, -0.15) is 0 Å². The van der Waals surface area contributed by atoms with Crippen molar-refractivity contribution in [2.24, 2.45) is 0 Å². The maximum Gasteiger partial charge on any atom is 0.343 e. The van der Waals surface area contributed by atoms with Crippen molar-refractivity contribution in [2.45, 2.75) is 0 Å². The molecule has 0 atom stereocenters. The van der Waals surface area contributed by atoms with Crippen molar-refractivity contribution >= 4 is 16.7 Å². The Morgan fingerprint density at radius 1 is 0.826 bits per heavy atom. The number of carbonyl (C=O) groups is 1. The van der Waals surface area contributed by atoms with Crippen LogP contribution >= 0.6 is 0 Å². The zero-order valence-electron chi connectivity index (χ0n) is 12.9. The number of methoxy groups -OCH3 is 2. The third-order valence-electron chi connectivity index (χ3n) is 3.54. The smallest absolute Gasteiger partial charge is 0.343 e. The number of esters is 1. The van der Waals surface area contributed by atoms with Gasteiger partial charge in [-0.3, -0.25) is 0 Å².